The SMILES string of the molecule is CCN(CCCNC(=NC)NCc1ccc(N2CCCC2=O)cc1)S(C)(=O)=O. The third-order valence-corrected chi connectivity index (χ3v) is 6.08. The molecule has 0 unspecified atom stereocenters. The van der Waals surface area contributed by atoms with Gasteiger partial charge in [0, 0.05) is 51.9 Å². The highest BCUT2D eigenvalue weighted by Gasteiger charge is 2.21. The van der Waals surface area contributed by atoms with Crippen molar-refractivity contribution in [2.24, 2.45) is 4.99 Å². The Bertz CT molecular complexity index is 777. The summed E-state index contributed by atoms with van der Waals surface area (Å²) in [7, 11) is -1.44. The number of amides is 1. The Morgan fingerprint density at radius 1 is 1.25 bits per heavy atom. The second kappa shape index (κ2) is 10.4. The van der Waals surface area contributed by atoms with Gasteiger partial charge in [-0.05, 0) is 30.5 Å². The highest BCUT2D eigenvalue weighted by molar-refractivity contribution is 7.88. The van der Waals surface area contributed by atoms with Crippen LogP contribution in [0.4, 0.5) is 5.69 Å². The zero-order valence-corrected chi connectivity index (χ0v) is 17.8. The van der Waals surface area contributed by atoms with Crippen molar-refractivity contribution >= 4 is 27.6 Å². The van der Waals surface area contributed by atoms with E-state index in [0.29, 0.717) is 45.0 Å². The molecule has 0 bridgehead atoms. The Labute approximate surface area is 168 Å². The second-order valence-electron chi connectivity index (χ2n) is 6.78. The lowest BCUT2D eigenvalue weighted by Crippen LogP contribution is -2.39. The van der Waals surface area contributed by atoms with Gasteiger partial charge in [0.1, 0.15) is 0 Å². The minimum atomic E-state index is -3.15. The standard InChI is InChI=1S/C19H31N5O3S/c1-4-23(28(3,26)27)13-6-12-21-19(20-2)22-15-16-8-10-17(11-9-16)24-14-5-7-18(24)25/h8-11H,4-7,12-15H2,1-3H3,(H2,20,21,22). The lowest BCUT2D eigenvalue weighted by Gasteiger charge is -2.18. The number of anilines is 1. The van der Waals surface area contributed by atoms with Gasteiger partial charge in [0.25, 0.3) is 0 Å². The summed E-state index contributed by atoms with van der Waals surface area (Å²) >= 11 is 0. The second-order valence-corrected chi connectivity index (χ2v) is 8.76. The molecule has 2 N–H and O–H groups in total. The maximum atomic E-state index is 11.8. The Morgan fingerprint density at radius 2 is 1.96 bits per heavy atom. The van der Waals surface area contributed by atoms with Crippen LogP contribution in [0, 0.1) is 0 Å². The molecule has 0 aromatic heterocycles. The fourth-order valence-electron chi connectivity index (χ4n) is 3.14. The van der Waals surface area contributed by atoms with Gasteiger partial charge in [-0.25, -0.2) is 12.7 Å². The van der Waals surface area contributed by atoms with Crippen LogP contribution in [-0.4, -0.2) is 64.1 Å². The largest absolute Gasteiger partial charge is 0.356 e. The molecule has 1 fully saturated rings. The number of nitrogens with zero attached hydrogens (tertiary/aromatic N) is 3. The summed E-state index contributed by atoms with van der Waals surface area (Å²) in [6, 6.07) is 7.96. The van der Waals surface area contributed by atoms with Gasteiger partial charge in [-0.1, -0.05) is 19.1 Å². The predicted molar refractivity (Wildman–Crippen MR) is 113 cm³/mol. The molecule has 1 aromatic rings. The van der Waals surface area contributed by atoms with Crippen molar-refractivity contribution in [3.05, 3.63) is 29.8 Å². The fourth-order valence-corrected chi connectivity index (χ4v) is 4.07. The number of benzene rings is 1. The van der Waals surface area contributed by atoms with Crippen molar-refractivity contribution in [2.75, 3.05) is 44.4 Å². The summed E-state index contributed by atoms with van der Waals surface area (Å²) in [5, 5.41) is 6.44. The summed E-state index contributed by atoms with van der Waals surface area (Å²) in [4.78, 5) is 17.8. The Kier molecular flexibility index (Phi) is 8.25. The summed E-state index contributed by atoms with van der Waals surface area (Å²) < 4.78 is 24.6. The lowest BCUT2D eigenvalue weighted by atomic mass is 10.2. The highest BCUT2D eigenvalue weighted by Crippen LogP contribution is 2.21. The molecule has 9 heteroatoms. The molecule has 1 heterocycles. The first kappa shape index (κ1) is 22.2. The number of hydrogen-bond acceptors (Lipinski definition) is 4. The minimum Gasteiger partial charge on any atom is -0.356 e. The zero-order chi connectivity index (χ0) is 20.6. The van der Waals surface area contributed by atoms with Crippen LogP contribution < -0.4 is 15.5 Å². The summed E-state index contributed by atoms with van der Waals surface area (Å²) in [5.41, 5.74) is 2.03. The van der Waals surface area contributed by atoms with E-state index in [1.54, 1.807) is 7.05 Å². The molecular weight excluding hydrogens is 378 g/mol. The van der Waals surface area contributed by atoms with E-state index in [9.17, 15) is 13.2 Å². The molecular formula is C19H31N5O3S. The number of guanidine groups is 1. The van der Waals surface area contributed by atoms with E-state index in [1.807, 2.05) is 36.1 Å². The number of sulfonamides is 1. The maximum absolute atomic E-state index is 11.8. The van der Waals surface area contributed by atoms with Crippen molar-refractivity contribution < 1.29 is 13.2 Å². The summed E-state index contributed by atoms with van der Waals surface area (Å²) in [5.74, 6) is 0.856. The molecule has 0 aliphatic carbocycles. The molecule has 8 nitrogen and oxygen atoms in total. The molecule has 2 rings (SSSR count). The van der Waals surface area contributed by atoms with Gasteiger partial charge in [0.15, 0.2) is 5.96 Å². The van der Waals surface area contributed by atoms with E-state index in [2.05, 4.69) is 15.6 Å². The average molecular weight is 410 g/mol. The number of nitrogens with one attached hydrogen (secondary N) is 2. The monoisotopic (exact) mass is 409 g/mol. The van der Waals surface area contributed by atoms with Crippen molar-refractivity contribution in [1.29, 1.82) is 0 Å². The molecule has 1 saturated heterocycles. The van der Waals surface area contributed by atoms with Gasteiger partial charge in [0.05, 0.1) is 6.26 Å². The van der Waals surface area contributed by atoms with E-state index in [0.717, 1.165) is 24.2 Å². The van der Waals surface area contributed by atoms with Crippen LogP contribution in [0.25, 0.3) is 0 Å². The summed E-state index contributed by atoms with van der Waals surface area (Å²) in [6.45, 7) is 4.82. The van der Waals surface area contributed by atoms with Crippen molar-refractivity contribution in [3.63, 3.8) is 0 Å². The van der Waals surface area contributed by atoms with Crippen molar-refractivity contribution in [1.82, 2.24) is 14.9 Å². The number of rotatable bonds is 9. The van der Waals surface area contributed by atoms with E-state index in [-0.39, 0.29) is 5.91 Å². The van der Waals surface area contributed by atoms with Crippen LogP contribution in [0.5, 0.6) is 0 Å². The molecule has 0 radical (unpaired) electrons. The van der Waals surface area contributed by atoms with Crippen molar-refractivity contribution in [3.8, 4) is 0 Å². The summed E-state index contributed by atoms with van der Waals surface area (Å²) in [6.07, 6.45) is 3.48. The van der Waals surface area contributed by atoms with E-state index in [1.165, 1.54) is 10.6 Å². The predicted octanol–water partition coefficient (Wildman–Crippen LogP) is 1.15. The maximum Gasteiger partial charge on any atom is 0.227 e. The first-order chi connectivity index (χ1) is 13.3. The van der Waals surface area contributed by atoms with Gasteiger partial charge in [-0.15, -0.1) is 0 Å². The highest BCUT2D eigenvalue weighted by atomic mass is 32.2. The van der Waals surface area contributed by atoms with Crippen LogP contribution in [-0.2, 0) is 21.4 Å². The molecule has 1 amide bonds. The van der Waals surface area contributed by atoms with Crippen LogP contribution >= 0.6 is 0 Å². The molecule has 1 aliphatic rings. The lowest BCUT2D eigenvalue weighted by molar-refractivity contribution is -0.117. The Balaban J connectivity index is 1.75. The quantitative estimate of drug-likeness (QED) is 0.363. The first-order valence-electron chi connectivity index (χ1n) is 9.64. The molecule has 1 aromatic carbocycles. The topological polar surface area (TPSA) is 94.1 Å². The number of carbonyl (C=O) groups excluding carboxylic acids is 1. The van der Waals surface area contributed by atoms with Gasteiger partial charge in [-0.3, -0.25) is 9.79 Å². The van der Waals surface area contributed by atoms with E-state index in [4.69, 9.17) is 0 Å². The third-order valence-electron chi connectivity index (χ3n) is 4.70. The van der Waals surface area contributed by atoms with Crippen LogP contribution in [0.3, 0.4) is 0 Å². The Morgan fingerprint density at radius 3 is 2.50 bits per heavy atom. The molecule has 156 valence electrons. The third kappa shape index (κ3) is 6.49. The van der Waals surface area contributed by atoms with E-state index >= 15 is 0 Å². The molecule has 0 atom stereocenters. The fraction of sp³-hybridized carbons (Fsp3) is 0.579. The Hall–Kier alpha value is -2.13. The molecule has 0 spiro atoms. The number of hydrogen-bond donors (Lipinski definition) is 2. The number of aliphatic imine (C=N–C) groups is 1. The van der Waals surface area contributed by atoms with Crippen LogP contribution in [0.15, 0.2) is 29.3 Å². The zero-order valence-electron chi connectivity index (χ0n) is 16.9. The normalized spacial score (nSPS) is 15.4. The molecule has 0 saturated carbocycles. The van der Waals surface area contributed by atoms with Crippen molar-refractivity contribution in [2.45, 2.75) is 32.7 Å². The molecule has 1 aliphatic heterocycles. The average Bonchev–Trinajstić information content (AvgIpc) is 3.09. The van der Waals surface area contributed by atoms with Crippen LogP contribution in [0.1, 0.15) is 31.7 Å². The smallest absolute Gasteiger partial charge is 0.227 e. The minimum absolute atomic E-state index is 0.188. The first-order valence-corrected chi connectivity index (χ1v) is 11.5. The molecule has 28 heavy (non-hydrogen) atoms. The van der Waals surface area contributed by atoms with E-state index < -0.39 is 10.0 Å². The van der Waals surface area contributed by atoms with Gasteiger partial charge in [0.2, 0.25) is 15.9 Å². The van der Waals surface area contributed by atoms with Gasteiger partial charge < -0.3 is 15.5 Å². The number of carbonyl (C=O) groups is 1. The van der Waals surface area contributed by atoms with Crippen LogP contribution in [0.2, 0.25) is 0 Å². The van der Waals surface area contributed by atoms with Gasteiger partial charge >= 0.3 is 0 Å². The van der Waals surface area contributed by atoms with Gasteiger partial charge in [-0.2, -0.15) is 0 Å².